The van der Waals surface area contributed by atoms with Gasteiger partial charge < -0.3 is 5.32 Å². The molecular formula is C16H22N4O6. The molecule has 0 saturated carbocycles. The molecule has 142 valence electrons. The molecule has 0 saturated heterocycles. The van der Waals surface area contributed by atoms with Crippen molar-refractivity contribution in [1.82, 2.24) is 10.6 Å². The van der Waals surface area contributed by atoms with Crippen molar-refractivity contribution in [3.63, 3.8) is 0 Å². The van der Waals surface area contributed by atoms with Gasteiger partial charge in [-0.1, -0.05) is 13.8 Å². The van der Waals surface area contributed by atoms with Crippen LogP contribution in [0.5, 0.6) is 0 Å². The molecule has 0 aliphatic carbocycles. The van der Waals surface area contributed by atoms with Crippen molar-refractivity contribution >= 4 is 23.2 Å². The van der Waals surface area contributed by atoms with Crippen molar-refractivity contribution in [1.29, 1.82) is 0 Å². The number of rotatable bonds is 6. The summed E-state index contributed by atoms with van der Waals surface area (Å²) in [4.78, 5) is 44.8. The lowest BCUT2D eigenvalue weighted by molar-refractivity contribution is -0.394. The van der Waals surface area contributed by atoms with E-state index in [9.17, 15) is 29.8 Å². The highest BCUT2D eigenvalue weighted by molar-refractivity contribution is 6.06. The van der Waals surface area contributed by atoms with Crippen LogP contribution in [-0.4, -0.2) is 33.2 Å². The van der Waals surface area contributed by atoms with Crippen LogP contribution in [0.2, 0.25) is 0 Å². The standard InChI is InChI=1S/C16H22N4O6/c1-9(2)13(18-16(3,4)5)15(22)17-14(21)10-6-11(19(23)24)8-12(7-10)20(25)26/h6-9,13,18H,1-5H3,(H,17,21,22)/t13-/m0/s1. The molecule has 1 rings (SSSR count). The molecule has 26 heavy (non-hydrogen) atoms. The number of carbonyl (C=O) groups excluding carboxylic acids is 2. The molecule has 0 radical (unpaired) electrons. The van der Waals surface area contributed by atoms with E-state index in [0.29, 0.717) is 0 Å². The van der Waals surface area contributed by atoms with Gasteiger partial charge in [-0.25, -0.2) is 0 Å². The summed E-state index contributed by atoms with van der Waals surface area (Å²) in [5, 5.41) is 27.0. The third-order valence-corrected chi connectivity index (χ3v) is 3.36. The van der Waals surface area contributed by atoms with Crippen molar-refractivity contribution in [2.75, 3.05) is 0 Å². The summed E-state index contributed by atoms with van der Waals surface area (Å²) in [5.41, 5.74) is -1.94. The predicted molar refractivity (Wildman–Crippen MR) is 93.7 cm³/mol. The summed E-state index contributed by atoms with van der Waals surface area (Å²) in [6, 6.07) is 1.83. The Morgan fingerprint density at radius 3 is 1.81 bits per heavy atom. The average Bonchev–Trinajstić information content (AvgIpc) is 2.50. The first-order valence-corrected chi connectivity index (χ1v) is 7.88. The molecule has 0 heterocycles. The monoisotopic (exact) mass is 366 g/mol. The molecule has 2 N–H and O–H groups in total. The zero-order valence-electron chi connectivity index (χ0n) is 15.2. The van der Waals surface area contributed by atoms with E-state index in [0.717, 1.165) is 18.2 Å². The van der Waals surface area contributed by atoms with Crippen LogP contribution in [0.15, 0.2) is 18.2 Å². The minimum Gasteiger partial charge on any atom is -0.301 e. The highest BCUT2D eigenvalue weighted by Crippen LogP contribution is 2.22. The van der Waals surface area contributed by atoms with Crippen LogP contribution >= 0.6 is 0 Å². The van der Waals surface area contributed by atoms with Crippen molar-refractivity contribution in [3.05, 3.63) is 44.0 Å². The van der Waals surface area contributed by atoms with Crippen molar-refractivity contribution in [2.24, 2.45) is 5.92 Å². The van der Waals surface area contributed by atoms with Gasteiger partial charge >= 0.3 is 0 Å². The minimum absolute atomic E-state index is 0.138. The maximum absolute atomic E-state index is 12.4. The number of hydrogen-bond acceptors (Lipinski definition) is 7. The fourth-order valence-corrected chi connectivity index (χ4v) is 2.20. The summed E-state index contributed by atoms with van der Waals surface area (Å²) in [7, 11) is 0. The zero-order valence-corrected chi connectivity index (χ0v) is 15.2. The number of nitro groups is 2. The third-order valence-electron chi connectivity index (χ3n) is 3.36. The van der Waals surface area contributed by atoms with E-state index in [2.05, 4.69) is 10.6 Å². The Balaban J connectivity index is 3.10. The van der Waals surface area contributed by atoms with Crippen molar-refractivity contribution in [3.8, 4) is 0 Å². The summed E-state index contributed by atoms with van der Waals surface area (Å²) in [6.45, 7) is 9.18. The number of benzene rings is 1. The molecule has 1 aromatic carbocycles. The van der Waals surface area contributed by atoms with E-state index in [4.69, 9.17) is 0 Å². The van der Waals surface area contributed by atoms with Gasteiger partial charge in [0.15, 0.2) is 0 Å². The highest BCUT2D eigenvalue weighted by Gasteiger charge is 2.29. The van der Waals surface area contributed by atoms with Crippen molar-refractivity contribution in [2.45, 2.75) is 46.2 Å². The molecule has 0 aromatic heterocycles. The van der Waals surface area contributed by atoms with E-state index in [1.807, 2.05) is 20.8 Å². The maximum Gasteiger partial charge on any atom is 0.277 e. The second-order valence-corrected chi connectivity index (χ2v) is 7.19. The summed E-state index contributed by atoms with van der Waals surface area (Å²) >= 11 is 0. The minimum atomic E-state index is -0.942. The van der Waals surface area contributed by atoms with E-state index in [1.54, 1.807) is 13.8 Å². The number of carbonyl (C=O) groups is 2. The van der Waals surface area contributed by atoms with Gasteiger partial charge in [0, 0.05) is 17.7 Å². The van der Waals surface area contributed by atoms with Gasteiger partial charge in [0.2, 0.25) is 5.91 Å². The normalized spacial score (nSPS) is 12.5. The first-order valence-electron chi connectivity index (χ1n) is 7.88. The summed E-state index contributed by atoms with van der Waals surface area (Å²) in [5.74, 6) is -1.70. The molecule has 0 fully saturated rings. The fraction of sp³-hybridized carbons (Fsp3) is 0.500. The largest absolute Gasteiger partial charge is 0.301 e. The molecule has 0 bridgehead atoms. The van der Waals surface area contributed by atoms with Gasteiger partial charge in [0.25, 0.3) is 17.3 Å². The number of amides is 2. The molecule has 0 aliphatic rings. The smallest absolute Gasteiger partial charge is 0.277 e. The van der Waals surface area contributed by atoms with Crippen LogP contribution in [0.4, 0.5) is 11.4 Å². The lowest BCUT2D eigenvalue weighted by Gasteiger charge is -2.30. The Bertz CT molecular complexity index is 706. The summed E-state index contributed by atoms with van der Waals surface area (Å²) < 4.78 is 0. The Labute approximate surface area is 150 Å². The van der Waals surface area contributed by atoms with Gasteiger partial charge in [-0.15, -0.1) is 0 Å². The average molecular weight is 366 g/mol. The number of nitrogens with zero attached hydrogens (tertiary/aromatic N) is 2. The second-order valence-electron chi connectivity index (χ2n) is 7.19. The molecular weight excluding hydrogens is 344 g/mol. The first-order chi connectivity index (χ1) is 11.8. The van der Waals surface area contributed by atoms with Gasteiger partial charge in [-0.05, 0) is 26.7 Å². The number of hydrogen-bond donors (Lipinski definition) is 2. The lowest BCUT2D eigenvalue weighted by atomic mass is 9.98. The number of non-ortho nitro benzene ring substituents is 2. The molecule has 0 unspecified atom stereocenters. The number of nitro benzene ring substituents is 2. The van der Waals surface area contributed by atoms with Crippen LogP contribution in [0.25, 0.3) is 0 Å². The predicted octanol–water partition coefficient (Wildman–Crippen LogP) is 2.17. The van der Waals surface area contributed by atoms with E-state index >= 15 is 0 Å². The van der Waals surface area contributed by atoms with E-state index in [-0.39, 0.29) is 17.0 Å². The maximum atomic E-state index is 12.4. The lowest BCUT2D eigenvalue weighted by Crippen LogP contribution is -2.55. The van der Waals surface area contributed by atoms with E-state index in [1.165, 1.54) is 0 Å². The second kappa shape index (κ2) is 8.00. The topological polar surface area (TPSA) is 144 Å². The molecule has 1 atom stereocenters. The molecule has 1 aromatic rings. The molecule has 2 amide bonds. The number of nitrogens with one attached hydrogen (secondary N) is 2. The molecule has 10 heteroatoms. The van der Waals surface area contributed by atoms with Gasteiger partial charge in [0.05, 0.1) is 27.5 Å². The zero-order chi connectivity index (χ0) is 20.2. The fourth-order valence-electron chi connectivity index (χ4n) is 2.20. The SMILES string of the molecule is CC(C)[C@H](NC(C)(C)C)C(=O)NC(=O)c1cc([N+](=O)[O-])cc([N+](=O)[O-])c1. The van der Waals surface area contributed by atoms with Gasteiger partial charge in [-0.2, -0.15) is 0 Å². The number of imide groups is 1. The van der Waals surface area contributed by atoms with E-state index < -0.39 is 39.1 Å². The Morgan fingerprint density at radius 2 is 1.46 bits per heavy atom. The quantitative estimate of drug-likeness (QED) is 0.579. The molecule has 0 aliphatic heterocycles. The molecule has 0 spiro atoms. The van der Waals surface area contributed by atoms with Crippen LogP contribution < -0.4 is 10.6 Å². The first kappa shape index (κ1) is 21.2. The van der Waals surface area contributed by atoms with Gasteiger partial charge in [0.1, 0.15) is 0 Å². The van der Waals surface area contributed by atoms with Crippen molar-refractivity contribution < 1.29 is 19.4 Å². The molecule has 10 nitrogen and oxygen atoms in total. The summed E-state index contributed by atoms with van der Waals surface area (Å²) in [6.07, 6.45) is 0. The van der Waals surface area contributed by atoms with Crippen LogP contribution in [-0.2, 0) is 4.79 Å². The third kappa shape index (κ3) is 5.88. The van der Waals surface area contributed by atoms with Crippen LogP contribution in [0.1, 0.15) is 45.0 Å². The Hall–Kier alpha value is -2.88. The highest BCUT2D eigenvalue weighted by atomic mass is 16.6. The Kier molecular flexibility index (Phi) is 6.51. The van der Waals surface area contributed by atoms with Crippen LogP contribution in [0, 0.1) is 26.1 Å². The Morgan fingerprint density at radius 1 is 1.00 bits per heavy atom. The van der Waals surface area contributed by atoms with Crippen LogP contribution in [0.3, 0.4) is 0 Å². The van der Waals surface area contributed by atoms with Gasteiger partial charge in [-0.3, -0.25) is 35.1 Å².